The summed E-state index contributed by atoms with van der Waals surface area (Å²) in [6, 6.07) is 2.05. The van der Waals surface area contributed by atoms with Crippen molar-refractivity contribution >= 4 is 0 Å². The SMILES string of the molecule is COCCOCCCn1ccc(CN)c1. The van der Waals surface area contributed by atoms with E-state index in [9.17, 15) is 0 Å². The van der Waals surface area contributed by atoms with Gasteiger partial charge in [-0.15, -0.1) is 0 Å². The van der Waals surface area contributed by atoms with Gasteiger partial charge in [-0.1, -0.05) is 0 Å². The summed E-state index contributed by atoms with van der Waals surface area (Å²) in [6.45, 7) is 3.71. The number of hydrogen-bond donors (Lipinski definition) is 1. The van der Waals surface area contributed by atoms with Crippen LogP contribution in [0.1, 0.15) is 12.0 Å². The van der Waals surface area contributed by atoms with Crippen LogP contribution in [0.5, 0.6) is 0 Å². The predicted molar refractivity (Wildman–Crippen MR) is 59.6 cm³/mol. The van der Waals surface area contributed by atoms with Crippen molar-refractivity contribution in [1.82, 2.24) is 4.57 Å². The Hall–Kier alpha value is -0.840. The summed E-state index contributed by atoms with van der Waals surface area (Å²) in [4.78, 5) is 0. The maximum Gasteiger partial charge on any atom is 0.0700 e. The van der Waals surface area contributed by atoms with Crippen LogP contribution in [0.3, 0.4) is 0 Å². The molecule has 0 atom stereocenters. The molecule has 0 amide bonds. The molecule has 0 spiro atoms. The topological polar surface area (TPSA) is 49.4 Å². The number of aryl methyl sites for hydroxylation is 1. The second-order valence-corrected chi connectivity index (χ2v) is 3.42. The molecule has 4 heteroatoms. The molecule has 1 aromatic rings. The lowest BCUT2D eigenvalue weighted by Gasteiger charge is -2.04. The Morgan fingerprint density at radius 2 is 2.20 bits per heavy atom. The van der Waals surface area contributed by atoms with Gasteiger partial charge in [-0.2, -0.15) is 0 Å². The van der Waals surface area contributed by atoms with Crippen LogP contribution in [-0.2, 0) is 22.6 Å². The van der Waals surface area contributed by atoms with Crippen molar-refractivity contribution in [1.29, 1.82) is 0 Å². The van der Waals surface area contributed by atoms with Crippen LogP contribution >= 0.6 is 0 Å². The molecule has 15 heavy (non-hydrogen) atoms. The first-order valence-corrected chi connectivity index (χ1v) is 5.28. The largest absolute Gasteiger partial charge is 0.382 e. The molecule has 0 bridgehead atoms. The summed E-state index contributed by atoms with van der Waals surface area (Å²) in [5.74, 6) is 0. The summed E-state index contributed by atoms with van der Waals surface area (Å²) in [5.41, 5.74) is 6.70. The van der Waals surface area contributed by atoms with E-state index in [-0.39, 0.29) is 0 Å². The first kappa shape index (κ1) is 12.2. The number of nitrogens with two attached hydrogens (primary N) is 1. The Morgan fingerprint density at radius 1 is 1.33 bits per heavy atom. The summed E-state index contributed by atoms with van der Waals surface area (Å²) >= 11 is 0. The van der Waals surface area contributed by atoms with Gasteiger partial charge in [-0.25, -0.2) is 0 Å². The smallest absolute Gasteiger partial charge is 0.0700 e. The summed E-state index contributed by atoms with van der Waals surface area (Å²) in [6.07, 6.45) is 5.15. The van der Waals surface area contributed by atoms with Crippen molar-refractivity contribution in [3.63, 3.8) is 0 Å². The molecule has 0 radical (unpaired) electrons. The quantitative estimate of drug-likeness (QED) is 0.654. The van der Waals surface area contributed by atoms with E-state index in [1.807, 2.05) is 6.07 Å². The molecule has 1 heterocycles. The Morgan fingerprint density at radius 3 is 2.87 bits per heavy atom. The van der Waals surface area contributed by atoms with Gasteiger partial charge in [0, 0.05) is 39.2 Å². The zero-order chi connectivity index (χ0) is 10.9. The van der Waals surface area contributed by atoms with E-state index in [1.54, 1.807) is 7.11 Å². The molecule has 0 aliphatic rings. The van der Waals surface area contributed by atoms with E-state index >= 15 is 0 Å². The van der Waals surface area contributed by atoms with Crippen molar-refractivity contribution in [3.05, 3.63) is 24.0 Å². The van der Waals surface area contributed by atoms with Gasteiger partial charge in [0.2, 0.25) is 0 Å². The van der Waals surface area contributed by atoms with Gasteiger partial charge < -0.3 is 19.8 Å². The molecule has 0 saturated heterocycles. The highest BCUT2D eigenvalue weighted by molar-refractivity contribution is 5.09. The third-order valence-corrected chi connectivity index (χ3v) is 2.18. The van der Waals surface area contributed by atoms with Crippen molar-refractivity contribution in [3.8, 4) is 0 Å². The van der Waals surface area contributed by atoms with E-state index in [1.165, 1.54) is 5.56 Å². The predicted octanol–water partition coefficient (Wildman–Crippen LogP) is 1.000. The first-order valence-electron chi connectivity index (χ1n) is 5.28. The molecule has 0 aliphatic heterocycles. The number of aromatic nitrogens is 1. The summed E-state index contributed by atoms with van der Waals surface area (Å²) in [5, 5.41) is 0. The van der Waals surface area contributed by atoms with Crippen molar-refractivity contribution in [2.75, 3.05) is 26.9 Å². The molecule has 2 N–H and O–H groups in total. The highest BCUT2D eigenvalue weighted by Crippen LogP contribution is 2.01. The second-order valence-electron chi connectivity index (χ2n) is 3.42. The molecule has 1 aromatic heterocycles. The lowest BCUT2D eigenvalue weighted by atomic mass is 10.3. The maximum absolute atomic E-state index is 5.52. The second kappa shape index (κ2) is 7.45. The fourth-order valence-corrected chi connectivity index (χ4v) is 1.34. The highest BCUT2D eigenvalue weighted by Gasteiger charge is 1.94. The number of methoxy groups -OCH3 is 1. The molecule has 0 aliphatic carbocycles. The minimum atomic E-state index is 0.608. The molecule has 86 valence electrons. The molecule has 0 aromatic carbocycles. The van der Waals surface area contributed by atoms with E-state index in [4.69, 9.17) is 15.2 Å². The fourth-order valence-electron chi connectivity index (χ4n) is 1.34. The number of rotatable bonds is 8. The summed E-state index contributed by atoms with van der Waals surface area (Å²) < 4.78 is 12.4. The van der Waals surface area contributed by atoms with Crippen molar-refractivity contribution in [2.45, 2.75) is 19.5 Å². The molecule has 0 saturated carbocycles. The van der Waals surface area contributed by atoms with Crippen LogP contribution in [0.15, 0.2) is 18.5 Å². The van der Waals surface area contributed by atoms with Gasteiger partial charge >= 0.3 is 0 Å². The summed E-state index contributed by atoms with van der Waals surface area (Å²) in [7, 11) is 1.68. The van der Waals surface area contributed by atoms with Gasteiger partial charge in [-0.05, 0) is 18.1 Å². The molecular weight excluding hydrogens is 192 g/mol. The van der Waals surface area contributed by atoms with Gasteiger partial charge in [0.05, 0.1) is 13.2 Å². The van der Waals surface area contributed by atoms with Gasteiger partial charge in [0.25, 0.3) is 0 Å². The Bertz CT molecular complexity index is 261. The minimum Gasteiger partial charge on any atom is -0.382 e. The standard InChI is InChI=1S/C11H20N2O2/c1-14-7-8-15-6-2-4-13-5-3-11(9-12)10-13/h3,5,10H,2,4,6-9,12H2,1H3. The zero-order valence-electron chi connectivity index (χ0n) is 9.32. The molecule has 1 rings (SSSR count). The normalized spacial score (nSPS) is 10.8. The Kier molecular flexibility index (Phi) is 6.08. The number of nitrogens with zero attached hydrogens (tertiary/aromatic N) is 1. The number of ether oxygens (including phenoxy) is 2. The third kappa shape index (κ3) is 4.97. The van der Waals surface area contributed by atoms with Gasteiger partial charge in [0.15, 0.2) is 0 Å². The monoisotopic (exact) mass is 212 g/mol. The first-order chi connectivity index (χ1) is 7.36. The average Bonchev–Trinajstić information content (AvgIpc) is 2.71. The van der Waals surface area contributed by atoms with E-state index in [0.717, 1.165) is 19.6 Å². The minimum absolute atomic E-state index is 0.608. The van der Waals surface area contributed by atoms with Crippen molar-refractivity contribution < 1.29 is 9.47 Å². The Labute approximate surface area is 91.0 Å². The van der Waals surface area contributed by atoms with Crippen molar-refractivity contribution in [2.24, 2.45) is 5.73 Å². The van der Waals surface area contributed by atoms with Gasteiger partial charge in [-0.3, -0.25) is 0 Å². The third-order valence-electron chi connectivity index (χ3n) is 2.18. The average molecular weight is 212 g/mol. The maximum atomic E-state index is 5.52. The van der Waals surface area contributed by atoms with Gasteiger partial charge in [0.1, 0.15) is 0 Å². The van der Waals surface area contributed by atoms with Crippen LogP contribution in [0.2, 0.25) is 0 Å². The van der Waals surface area contributed by atoms with Crippen LogP contribution in [0.4, 0.5) is 0 Å². The highest BCUT2D eigenvalue weighted by atomic mass is 16.5. The van der Waals surface area contributed by atoms with E-state index in [0.29, 0.717) is 19.8 Å². The molecule has 0 unspecified atom stereocenters. The number of hydrogen-bond acceptors (Lipinski definition) is 3. The molecule has 0 fully saturated rings. The van der Waals surface area contributed by atoms with Crippen LogP contribution in [-0.4, -0.2) is 31.5 Å². The van der Waals surface area contributed by atoms with Crippen LogP contribution in [0, 0.1) is 0 Å². The molecule has 4 nitrogen and oxygen atoms in total. The fraction of sp³-hybridized carbons (Fsp3) is 0.636. The van der Waals surface area contributed by atoms with E-state index in [2.05, 4.69) is 17.0 Å². The molecular formula is C11H20N2O2. The van der Waals surface area contributed by atoms with Crippen LogP contribution < -0.4 is 5.73 Å². The lowest BCUT2D eigenvalue weighted by Crippen LogP contribution is -2.05. The van der Waals surface area contributed by atoms with E-state index < -0.39 is 0 Å². The lowest BCUT2D eigenvalue weighted by molar-refractivity contribution is 0.0680. The Balaban J connectivity index is 2.04. The van der Waals surface area contributed by atoms with Crippen LogP contribution in [0.25, 0.3) is 0 Å². The zero-order valence-corrected chi connectivity index (χ0v) is 9.32.